The van der Waals surface area contributed by atoms with E-state index >= 15 is 0 Å². The average Bonchev–Trinajstić information content (AvgIpc) is 3.29. The molecule has 162 valence electrons. The van der Waals surface area contributed by atoms with E-state index in [2.05, 4.69) is 27.1 Å². The summed E-state index contributed by atoms with van der Waals surface area (Å²) in [6.07, 6.45) is 3.36. The molecule has 5 rings (SSSR count). The molecular weight excluding hydrogens is 402 g/mol. The van der Waals surface area contributed by atoms with E-state index in [4.69, 9.17) is 4.74 Å². The second-order valence-electron chi connectivity index (χ2n) is 7.70. The molecule has 0 spiro atoms. The molecule has 1 aliphatic rings. The summed E-state index contributed by atoms with van der Waals surface area (Å²) < 4.78 is 7.27. The number of rotatable bonds is 5. The van der Waals surface area contributed by atoms with Crippen LogP contribution in [0, 0.1) is 0 Å². The highest BCUT2D eigenvalue weighted by atomic mass is 16.5. The fourth-order valence-electron chi connectivity index (χ4n) is 4.13. The minimum Gasteiger partial charge on any atom is -0.494 e. The molecule has 0 N–H and O–H groups in total. The molecule has 3 heterocycles. The number of carbonyl (C=O) groups excluding carboxylic acids is 1. The minimum absolute atomic E-state index is 0.0240. The average molecular weight is 428 g/mol. The summed E-state index contributed by atoms with van der Waals surface area (Å²) in [5.74, 6) is 0.802. The number of benzene rings is 2. The maximum Gasteiger partial charge on any atom is 0.259 e. The number of para-hydroxylation sites is 1. The predicted molar refractivity (Wildman–Crippen MR) is 124 cm³/mol. The van der Waals surface area contributed by atoms with Crippen molar-refractivity contribution < 1.29 is 9.53 Å². The molecule has 0 aliphatic carbocycles. The first-order valence-electron chi connectivity index (χ1n) is 10.9. The van der Waals surface area contributed by atoms with Crippen molar-refractivity contribution in [2.24, 2.45) is 0 Å². The van der Waals surface area contributed by atoms with Gasteiger partial charge in [0.05, 0.1) is 18.5 Å². The smallest absolute Gasteiger partial charge is 0.259 e. The Balaban J connectivity index is 1.36. The van der Waals surface area contributed by atoms with Crippen LogP contribution in [0.3, 0.4) is 0 Å². The van der Waals surface area contributed by atoms with Crippen LogP contribution in [0.25, 0.3) is 16.9 Å². The number of fused-ring (bicyclic) bond motifs is 1. The molecule has 7 heteroatoms. The van der Waals surface area contributed by atoms with Crippen molar-refractivity contribution in [1.82, 2.24) is 19.5 Å². The zero-order valence-corrected chi connectivity index (χ0v) is 18.0. The Bertz CT molecular complexity index is 1210. The number of piperazine rings is 1. The third kappa shape index (κ3) is 3.77. The number of anilines is 1. The van der Waals surface area contributed by atoms with Crippen molar-refractivity contribution in [3.05, 3.63) is 78.6 Å². The third-order valence-corrected chi connectivity index (χ3v) is 5.78. The van der Waals surface area contributed by atoms with Crippen LogP contribution in [0.15, 0.2) is 73.1 Å². The highest BCUT2D eigenvalue weighted by Gasteiger charge is 2.25. The Hall–Kier alpha value is -3.87. The normalized spacial score (nSPS) is 14.0. The molecule has 0 bridgehead atoms. The summed E-state index contributed by atoms with van der Waals surface area (Å²) in [4.78, 5) is 21.9. The zero-order valence-electron chi connectivity index (χ0n) is 18.0. The lowest BCUT2D eigenvalue weighted by atomic mass is 10.1. The van der Waals surface area contributed by atoms with Gasteiger partial charge in [0, 0.05) is 43.6 Å². The van der Waals surface area contributed by atoms with E-state index in [0.717, 1.165) is 30.1 Å². The standard InChI is InChI=1S/C25H25N5O2/c1-2-32-21-10-8-19(9-11-21)23-12-13-26-24-22(18-27-30(23)24)25(31)29-16-14-28(15-17-29)20-6-4-3-5-7-20/h3-13,18H,2,14-17H2,1H3. The van der Waals surface area contributed by atoms with Crippen molar-refractivity contribution >= 4 is 17.2 Å². The molecule has 1 aliphatic heterocycles. The van der Waals surface area contributed by atoms with Crippen LogP contribution >= 0.6 is 0 Å². The van der Waals surface area contributed by atoms with Gasteiger partial charge in [0.25, 0.3) is 5.91 Å². The lowest BCUT2D eigenvalue weighted by molar-refractivity contribution is 0.0748. The van der Waals surface area contributed by atoms with Gasteiger partial charge in [0.2, 0.25) is 0 Å². The van der Waals surface area contributed by atoms with Crippen LogP contribution in [0.2, 0.25) is 0 Å². The van der Waals surface area contributed by atoms with Gasteiger partial charge >= 0.3 is 0 Å². The lowest BCUT2D eigenvalue weighted by Crippen LogP contribution is -2.48. The van der Waals surface area contributed by atoms with Crippen LogP contribution in [0.1, 0.15) is 17.3 Å². The first-order chi connectivity index (χ1) is 15.7. The third-order valence-electron chi connectivity index (χ3n) is 5.78. The largest absolute Gasteiger partial charge is 0.494 e. The maximum absolute atomic E-state index is 13.3. The lowest BCUT2D eigenvalue weighted by Gasteiger charge is -2.36. The molecule has 0 radical (unpaired) electrons. The van der Waals surface area contributed by atoms with E-state index in [0.29, 0.717) is 30.9 Å². The van der Waals surface area contributed by atoms with Gasteiger partial charge in [0.1, 0.15) is 11.3 Å². The minimum atomic E-state index is -0.0240. The fraction of sp³-hybridized carbons (Fsp3) is 0.240. The highest BCUT2D eigenvalue weighted by Crippen LogP contribution is 2.24. The monoisotopic (exact) mass is 427 g/mol. The van der Waals surface area contributed by atoms with Gasteiger partial charge in [0.15, 0.2) is 5.65 Å². The fourth-order valence-corrected chi connectivity index (χ4v) is 4.13. The van der Waals surface area contributed by atoms with Gasteiger partial charge in [-0.3, -0.25) is 4.79 Å². The van der Waals surface area contributed by atoms with Crippen molar-refractivity contribution in [3.8, 4) is 17.0 Å². The molecule has 1 amide bonds. The summed E-state index contributed by atoms with van der Waals surface area (Å²) in [6.45, 7) is 5.54. The molecule has 1 fully saturated rings. The number of aromatic nitrogens is 3. The number of carbonyl (C=O) groups is 1. The van der Waals surface area contributed by atoms with Crippen LogP contribution < -0.4 is 9.64 Å². The molecular formula is C25H25N5O2. The van der Waals surface area contributed by atoms with Gasteiger partial charge in [-0.1, -0.05) is 18.2 Å². The van der Waals surface area contributed by atoms with Gasteiger partial charge in [-0.25, -0.2) is 9.50 Å². The van der Waals surface area contributed by atoms with Gasteiger partial charge in [-0.15, -0.1) is 0 Å². The van der Waals surface area contributed by atoms with Crippen LogP contribution in [0.4, 0.5) is 5.69 Å². The zero-order chi connectivity index (χ0) is 21.9. The Morgan fingerprint density at radius 2 is 1.72 bits per heavy atom. The molecule has 7 nitrogen and oxygen atoms in total. The molecule has 0 saturated carbocycles. The Morgan fingerprint density at radius 3 is 2.44 bits per heavy atom. The summed E-state index contributed by atoms with van der Waals surface area (Å²) in [6, 6.07) is 20.1. The second-order valence-corrected chi connectivity index (χ2v) is 7.70. The number of amides is 1. The topological polar surface area (TPSA) is 63.0 Å². The molecule has 2 aromatic heterocycles. The van der Waals surface area contributed by atoms with Gasteiger partial charge < -0.3 is 14.5 Å². The second kappa shape index (κ2) is 8.70. The van der Waals surface area contributed by atoms with E-state index in [1.54, 1.807) is 16.9 Å². The first kappa shape index (κ1) is 20.1. The molecule has 4 aromatic rings. The van der Waals surface area contributed by atoms with Crippen molar-refractivity contribution in [2.75, 3.05) is 37.7 Å². The van der Waals surface area contributed by atoms with E-state index < -0.39 is 0 Å². The molecule has 1 saturated heterocycles. The van der Waals surface area contributed by atoms with E-state index in [-0.39, 0.29) is 5.91 Å². The number of ether oxygens (including phenoxy) is 1. The number of hydrogen-bond acceptors (Lipinski definition) is 5. The van der Waals surface area contributed by atoms with Crippen LogP contribution in [0.5, 0.6) is 5.75 Å². The van der Waals surface area contributed by atoms with Crippen LogP contribution in [-0.4, -0.2) is 58.2 Å². The predicted octanol–water partition coefficient (Wildman–Crippen LogP) is 3.76. The summed E-state index contributed by atoms with van der Waals surface area (Å²) in [5, 5.41) is 4.50. The van der Waals surface area contributed by atoms with E-state index in [1.807, 2.05) is 60.4 Å². The molecule has 32 heavy (non-hydrogen) atoms. The Labute approximate surface area is 186 Å². The summed E-state index contributed by atoms with van der Waals surface area (Å²) in [7, 11) is 0. The molecule has 0 atom stereocenters. The van der Waals surface area contributed by atoms with Crippen molar-refractivity contribution in [1.29, 1.82) is 0 Å². The van der Waals surface area contributed by atoms with Crippen molar-refractivity contribution in [3.63, 3.8) is 0 Å². The highest BCUT2D eigenvalue weighted by molar-refractivity contribution is 6.00. The Morgan fingerprint density at radius 1 is 0.969 bits per heavy atom. The van der Waals surface area contributed by atoms with E-state index in [1.165, 1.54) is 5.69 Å². The summed E-state index contributed by atoms with van der Waals surface area (Å²) in [5.41, 5.74) is 4.17. The summed E-state index contributed by atoms with van der Waals surface area (Å²) >= 11 is 0. The van der Waals surface area contributed by atoms with Gasteiger partial charge in [-0.05, 0) is 49.4 Å². The van der Waals surface area contributed by atoms with Gasteiger partial charge in [-0.2, -0.15) is 5.10 Å². The van der Waals surface area contributed by atoms with Crippen molar-refractivity contribution in [2.45, 2.75) is 6.92 Å². The number of nitrogens with zero attached hydrogens (tertiary/aromatic N) is 5. The van der Waals surface area contributed by atoms with Crippen LogP contribution in [-0.2, 0) is 0 Å². The SMILES string of the molecule is CCOc1ccc(-c2ccnc3c(C(=O)N4CCN(c5ccccc5)CC4)cnn23)cc1. The number of hydrogen-bond donors (Lipinski definition) is 0. The molecule has 0 unspecified atom stereocenters. The first-order valence-corrected chi connectivity index (χ1v) is 10.9. The van der Waals surface area contributed by atoms with E-state index in [9.17, 15) is 4.79 Å². The quantitative estimate of drug-likeness (QED) is 0.485. The Kier molecular flexibility index (Phi) is 5.46. The maximum atomic E-state index is 13.3. The molecule has 2 aromatic carbocycles.